The SMILES string of the molecule is CCCCN(CCCC)c1ccc(/C=C/c2c(F)c(F)c(/C=C/c3ccc(N(C)CCCNC(=O)c4cc(C(=O)NCCCOc5ccc6c(C)cc(=O)oc6c5)cc(C(=O)NCCCOc5ccc6c(C)cc(=O)oc6c5)c4)cc3)c(F)c2F)cc1. The van der Waals surface area contributed by atoms with Gasteiger partial charge in [0.05, 0.1) is 24.3 Å². The molecule has 0 atom stereocenters. The molecule has 0 aliphatic rings. The fourth-order valence-corrected chi connectivity index (χ4v) is 9.71. The Hall–Kier alpha value is -9.45. The number of ether oxygens (including phenoxy) is 2. The lowest BCUT2D eigenvalue weighted by Gasteiger charge is -2.24. The number of fused-ring (bicyclic) bond motifs is 2. The monoisotopic (exact) mass is 1190 g/mol. The van der Waals surface area contributed by atoms with E-state index in [1.807, 2.05) is 37.9 Å². The highest BCUT2D eigenvalue weighted by Crippen LogP contribution is 2.29. The van der Waals surface area contributed by atoms with Crippen LogP contribution in [0.4, 0.5) is 28.9 Å². The van der Waals surface area contributed by atoms with Gasteiger partial charge in [0.2, 0.25) is 0 Å². The lowest BCUT2D eigenvalue weighted by Crippen LogP contribution is -2.30. The van der Waals surface area contributed by atoms with Crippen LogP contribution in [0, 0.1) is 37.1 Å². The summed E-state index contributed by atoms with van der Waals surface area (Å²) < 4.78 is 83.8. The Kier molecular flexibility index (Phi) is 22.3. The number of hydrogen-bond acceptors (Lipinski definition) is 11. The number of amides is 3. The van der Waals surface area contributed by atoms with Crippen LogP contribution >= 0.6 is 0 Å². The predicted molar refractivity (Wildman–Crippen MR) is 335 cm³/mol. The molecule has 0 saturated heterocycles. The number of nitrogens with zero attached hydrogens (tertiary/aromatic N) is 2. The highest BCUT2D eigenvalue weighted by Gasteiger charge is 2.23. The number of carbonyl (C=O) groups is 3. The van der Waals surface area contributed by atoms with Gasteiger partial charge in [-0.1, -0.05) is 63.1 Å². The molecule has 0 saturated carbocycles. The highest BCUT2D eigenvalue weighted by molar-refractivity contribution is 6.04. The van der Waals surface area contributed by atoms with Crippen LogP contribution in [-0.4, -0.2) is 77.3 Å². The summed E-state index contributed by atoms with van der Waals surface area (Å²) >= 11 is 0. The van der Waals surface area contributed by atoms with E-state index in [0.29, 0.717) is 59.6 Å². The maximum atomic E-state index is 15.4. The Morgan fingerprint density at radius 3 is 1.28 bits per heavy atom. The van der Waals surface area contributed by atoms with Crippen LogP contribution in [0.3, 0.4) is 0 Å². The second-order valence-electron chi connectivity index (χ2n) is 21.2. The number of unbranched alkanes of at least 4 members (excludes halogenated alkanes) is 2. The Morgan fingerprint density at radius 1 is 0.483 bits per heavy atom. The lowest BCUT2D eigenvalue weighted by atomic mass is 10.0. The van der Waals surface area contributed by atoms with E-state index in [-0.39, 0.29) is 49.5 Å². The zero-order valence-electron chi connectivity index (χ0n) is 49.5. The Morgan fingerprint density at radius 2 is 0.874 bits per heavy atom. The Bertz CT molecular complexity index is 3740. The van der Waals surface area contributed by atoms with Crippen molar-refractivity contribution in [3.05, 3.63) is 209 Å². The van der Waals surface area contributed by atoms with Gasteiger partial charge in [-0.05, 0) is 147 Å². The van der Waals surface area contributed by atoms with Crippen molar-refractivity contribution in [3.63, 3.8) is 0 Å². The Labute approximate surface area is 502 Å². The molecular weight excluding hydrogens is 1120 g/mol. The van der Waals surface area contributed by atoms with Gasteiger partial charge in [-0.25, -0.2) is 27.2 Å². The molecule has 0 radical (unpaired) electrons. The van der Waals surface area contributed by atoms with Crippen molar-refractivity contribution in [1.82, 2.24) is 16.0 Å². The van der Waals surface area contributed by atoms with E-state index in [4.69, 9.17) is 18.3 Å². The van der Waals surface area contributed by atoms with Crippen molar-refractivity contribution in [2.24, 2.45) is 0 Å². The molecule has 3 N–H and O–H groups in total. The molecule has 0 unspecified atom stereocenters. The molecule has 0 aliphatic carbocycles. The molecule has 0 spiro atoms. The van der Waals surface area contributed by atoms with Gasteiger partial charge in [-0.2, -0.15) is 0 Å². The minimum absolute atomic E-state index is 0.0771. The summed E-state index contributed by atoms with van der Waals surface area (Å²) in [4.78, 5) is 68.9. The summed E-state index contributed by atoms with van der Waals surface area (Å²) in [6.07, 6.45) is 10.3. The maximum Gasteiger partial charge on any atom is 0.336 e. The van der Waals surface area contributed by atoms with E-state index in [1.165, 1.54) is 42.5 Å². The van der Waals surface area contributed by atoms with Gasteiger partial charge in [-0.15, -0.1) is 0 Å². The van der Waals surface area contributed by atoms with E-state index in [2.05, 4.69) is 34.7 Å². The summed E-state index contributed by atoms with van der Waals surface area (Å²) in [5, 5.41) is 10.1. The first-order chi connectivity index (χ1) is 42.0. The minimum atomic E-state index is -1.51. The number of hydrogen-bond donors (Lipinski definition) is 3. The summed E-state index contributed by atoms with van der Waals surface area (Å²) in [6, 6.07) is 31.8. The van der Waals surface area contributed by atoms with Crippen LogP contribution in [0.15, 0.2) is 134 Å². The van der Waals surface area contributed by atoms with Gasteiger partial charge in [-0.3, -0.25) is 14.4 Å². The van der Waals surface area contributed by atoms with E-state index >= 15 is 17.6 Å². The molecule has 18 heteroatoms. The van der Waals surface area contributed by atoms with Crippen LogP contribution in [0.1, 0.15) is 123 Å². The van der Waals surface area contributed by atoms with E-state index in [1.54, 1.807) is 72.8 Å². The minimum Gasteiger partial charge on any atom is -0.493 e. The number of rotatable bonds is 29. The van der Waals surface area contributed by atoms with E-state index < -0.39 is 63.4 Å². The lowest BCUT2D eigenvalue weighted by molar-refractivity contribution is 0.0950. The van der Waals surface area contributed by atoms with Crippen molar-refractivity contribution < 1.29 is 50.3 Å². The normalized spacial score (nSPS) is 11.4. The largest absolute Gasteiger partial charge is 0.493 e. The van der Waals surface area contributed by atoms with Crippen LogP contribution < -0.4 is 46.5 Å². The van der Waals surface area contributed by atoms with Crippen molar-refractivity contribution in [3.8, 4) is 11.5 Å². The standard InChI is InChI=1S/C69H71F4N5O9/c1-6-8-33-78(34-9-7-2)52-21-15-47(16-22-52)18-26-58-65(72)63(70)57(64(71)66(58)73)25-17-46-13-19-51(20-14-46)77(5)32-10-29-74-67(81)48-39-49(68(82)75-30-11-35-84-53-23-27-55-44(3)37-61(79)86-59(55)42-53)41-50(40-48)69(83)76-31-12-36-85-54-24-28-56-45(4)38-62(80)87-60(56)43-54/h13-28,37-43H,6-12,29-36H2,1-5H3,(H,74,81)(H,75,82)(H,76,83)/b25-17+,26-18+. The molecule has 2 aromatic heterocycles. The van der Waals surface area contributed by atoms with E-state index in [0.717, 1.165) is 84.2 Å². The van der Waals surface area contributed by atoms with Crippen LogP contribution in [0.25, 0.3) is 46.2 Å². The Balaban J connectivity index is 0.845. The molecule has 8 rings (SSSR count). The summed E-state index contributed by atoms with van der Waals surface area (Å²) in [5.41, 5.74) is 2.91. The van der Waals surface area contributed by atoms with Crippen molar-refractivity contribution in [1.29, 1.82) is 0 Å². The molecule has 454 valence electrons. The van der Waals surface area contributed by atoms with E-state index in [9.17, 15) is 24.0 Å². The second kappa shape index (κ2) is 30.6. The molecule has 14 nitrogen and oxygen atoms in total. The quantitative estimate of drug-likeness (QED) is 0.0134. The molecule has 8 aromatic rings. The van der Waals surface area contributed by atoms with Crippen LogP contribution in [0.2, 0.25) is 0 Å². The summed E-state index contributed by atoms with van der Waals surface area (Å²) in [6.45, 7) is 11.3. The van der Waals surface area contributed by atoms with Gasteiger partial charge in [0.25, 0.3) is 17.7 Å². The zero-order chi connectivity index (χ0) is 62.0. The number of aryl methyl sites for hydroxylation is 2. The van der Waals surface area contributed by atoms with Crippen molar-refractivity contribution >= 4 is 75.3 Å². The number of benzene rings is 6. The van der Waals surface area contributed by atoms with Gasteiger partial charge >= 0.3 is 11.3 Å². The predicted octanol–water partition coefficient (Wildman–Crippen LogP) is 13.5. The van der Waals surface area contributed by atoms with Gasteiger partial charge in [0.15, 0.2) is 23.3 Å². The average molecular weight is 1190 g/mol. The zero-order valence-corrected chi connectivity index (χ0v) is 49.5. The molecule has 0 bridgehead atoms. The molecule has 2 heterocycles. The first-order valence-electron chi connectivity index (χ1n) is 29.2. The highest BCUT2D eigenvalue weighted by atomic mass is 19.2. The smallest absolute Gasteiger partial charge is 0.336 e. The molecule has 6 aromatic carbocycles. The number of anilines is 2. The molecule has 87 heavy (non-hydrogen) atoms. The fourth-order valence-electron chi connectivity index (χ4n) is 9.71. The molecular formula is C69H71F4N5O9. The third-order valence-corrected chi connectivity index (χ3v) is 14.6. The number of nitrogens with one attached hydrogen (secondary N) is 3. The van der Waals surface area contributed by atoms with Gasteiger partial charge in [0.1, 0.15) is 22.7 Å². The fraction of sp³-hybridized carbons (Fsp3) is 0.290. The first-order valence-corrected chi connectivity index (χ1v) is 29.2. The first kappa shape index (κ1) is 63.6. The molecule has 0 aliphatic heterocycles. The van der Waals surface area contributed by atoms with Crippen molar-refractivity contribution in [2.45, 2.75) is 72.6 Å². The molecule has 3 amide bonds. The van der Waals surface area contributed by atoms with Gasteiger partial charge in [0, 0.05) is 109 Å². The maximum absolute atomic E-state index is 15.4. The summed E-state index contributed by atoms with van der Waals surface area (Å²) in [7, 11) is 1.84. The van der Waals surface area contributed by atoms with Crippen LogP contribution in [-0.2, 0) is 0 Å². The second-order valence-corrected chi connectivity index (χ2v) is 21.2. The number of halogens is 4. The third kappa shape index (κ3) is 17.1. The summed E-state index contributed by atoms with van der Waals surface area (Å²) in [5.74, 6) is -6.64. The van der Waals surface area contributed by atoms with Gasteiger partial charge < -0.3 is 44.1 Å². The van der Waals surface area contributed by atoms with Crippen LogP contribution in [0.5, 0.6) is 11.5 Å². The molecule has 0 fully saturated rings. The van der Waals surface area contributed by atoms with Crippen molar-refractivity contribution in [2.75, 3.05) is 69.3 Å². The average Bonchev–Trinajstić information content (AvgIpc) is 1.63. The third-order valence-electron chi connectivity index (χ3n) is 14.6. The topological polar surface area (TPSA) is 173 Å². The number of carbonyl (C=O) groups excluding carboxylic acids is 3.